The summed E-state index contributed by atoms with van der Waals surface area (Å²) in [6.45, 7) is 1.48. The van der Waals surface area contributed by atoms with Crippen molar-refractivity contribution in [3.63, 3.8) is 0 Å². The Morgan fingerprint density at radius 1 is 1.24 bits per heavy atom. The van der Waals surface area contributed by atoms with Crippen molar-refractivity contribution in [2.45, 2.75) is 17.4 Å². The van der Waals surface area contributed by atoms with E-state index in [0.29, 0.717) is 12.3 Å². The summed E-state index contributed by atoms with van der Waals surface area (Å²) >= 11 is 1.48. The molecule has 0 N–H and O–H groups in total. The Kier molecular flexibility index (Phi) is 5.81. The van der Waals surface area contributed by atoms with Gasteiger partial charge in [-0.3, -0.25) is 4.79 Å². The van der Waals surface area contributed by atoms with Crippen LogP contribution in [0.2, 0.25) is 0 Å². The number of rotatable bonds is 6. The minimum Gasteiger partial charge on any atom is -0.493 e. The van der Waals surface area contributed by atoms with Gasteiger partial charge in [-0.15, -0.1) is 0 Å². The molecule has 1 amide bonds. The predicted molar refractivity (Wildman–Crippen MR) is 98.4 cm³/mol. The standard InChI is InChI=1S/C19H22N2O3S/c1-23-16-7-5-6-15(19(16)24-2)14-9-11-21(12-14)18(22)13-25-17-8-3-4-10-20-17/h3-8,10,14H,9,11-13H2,1-2H3/t14-/m1/s1. The molecule has 0 spiro atoms. The Labute approximate surface area is 152 Å². The van der Waals surface area contributed by atoms with Gasteiger partial charge in [-0.25, -0.2) is 4.98 Å². The first-order chi connectivity index (χ1) is 12.2. The van der Waals surface area contributed by atoms with E-state index < -0.39 is 0 Å². The number of methoxy groups -OCH3 is 2. The van der Waals surface area contributed by atoms with Crippen LogP contribution >= 0.6 is 11.8 Å². The molecule has 132 valence electrons. The van der Waals surface area contributed by atoms with Gasteiger partial charge in [-0.05, 0) is 24.6 Å². The highest BCUT2D eigenvalue weighted by atomic mass is 32.2. The van der Waals surface area contributed by atoms with Crippen molar-refractivity contribution in [3.8, 4) is 11.5 Å². The van der Waals surface area contributed by atoms with Crippen molar-refractivity contribution < 1.29 is 14.3 Å². The first-order valence-electron chi connectivity index (χ1n) is 8.25. The summed E-state index contributed by atoms with van der Waals surface area (Å²) in [5.74, 6) is 2.34. The van der Waals surface area contributed by atoms with E-state index in [0.717, 1.165) is 35.1 Å². The molecular weight excluding hydrogens is 336 g/mol. The third-order valence-electron chi connectivity index (χ3n) is 4.40. The SMILES string of the molecule is COc1cccc([C@@H]2CCN(C(=O)CSc3ccccn3)C2)c1OC. The monoisotopic (exact) mass is 358 g/mol. The Hall–Kier alpha value is -2.21. The van der Waals surface area contributed by atoms with Gasteiger partial charge in [-0.2, -0.15) is 0 Å². The zero-order valence-corrected chi connectivity index (χ0v) is 15.3. The molecule has 1 aromatic carbocycles. The molecule has 0 aliphatic carbocycles. The Morgan fingerprint density at radius 2 is 2.12 bits per heavy atom. The fraction of sp³-hybridized carbons (Fsp3) is 0.368. The van der Waals surface area contributed by atoms with Crippen LogP contribution in [-0.4, -0.2) is 48.9 Å². The van der Waals surface area contributed by atoms with E-state index in [1.807, 2.05) is 35.2 Å². The van der Waals surface area contributed by atoms with E-state index in [-0.39, 0.29) is 11.8 Å². The van der Waals surface area contributed by atoms with Gasteiger partial charge < -0.3 is 14.4 Å². The lowest BCUT2D eigenvalue weighted by Crippen LogP contribution is -2.30. The second-order valence-electron chi connectivity index (χ2n) is 5.86. The molecule has 1 atom stereocenters. The fourth-order valence-electron chi connectivity index (χ4n) is 3.13. The van der Waals surface area contributed by atoms with E-state index in [1.165, 1.54) is 11.8 Å². The number of pyridine rings is 1. The van der Waals surface area contributed by atoms with E-state index in [9.17, 15) is 4.79 Å². The molecule has 1 fully saturated rings. The van der Waals surface area contributed by atoms with Crippen molar-refractivity contribution in [1.82, 2.24) is 9.88 Å². The molecule has 0 saturated carbocycles. The third kappa shape index (κ3) is 4.07. The van der Waals surface area contributed by atoms with Gasteiger partial charge in [0.15, 0.2) is 11.5 Å². The Balaban J connectivity index is 1.63. The summed E-state index contributed by atoms with van der Waals surface area (Å²) in [6, 6.07) is 11.6. The molecule has 0 unspecified atom stereocenters. The van der Waals surface area contributed by atoms with Crippen LogP contribution in [0, 0.1) is 0 Å². The van der Waals surface area contributed by atoms with E-state index in [4.69, 9.17) is 9.47 Å². The molecule has 0 bridgehead atoms. The number of carbonyl (C=O) groups excluding carboxylic acids is 1. The number of hydrogen-bond acceptors (Lipinski definition) is 5. The van der Waals surface area contributed by atoms with Crippen LogP contribution in [0.25, 0.3) is 0 Å². The summed E-state index contributed by atoms with van der Waals surface area (Å²) in [7, 11) is 3.30. The molecule has 2 aromatic rings. The minimum atomic E-state index is 0.153. The maximum atomic E-state index is 12.5. The number of ether oxygens (including phenoxy) is 2. The second kappa shape index (κ2) is 8.25. The summed E-state index contributed by atoms with van der Waals surface area (Å²) in [5.41, 5.74) is 1.11. The Morgan fingerprint density at radius 3 is 2.84 bits per heavy atom. The Bertz CT molecular complexity index is 724. The molecule has 1 aliphatic heterocycles. The quantitative estimate of drug-likeness (QED) is 0.742. The fourth-order valence-corrected chi connectivity index (χ4v) is 3.90. The molecule has 3 rings (SSSR count). The highest BCUT2D eigenvalue weighted by Gasteiger charge is 2.29. The van der Waals surface area contributed by atoms with Crippen molar-refractivity contribution in [3.05, 3.63) is 48.2 Å². The van der Waals surface area contributed by atoms with Gasteiger partial charge in [0.25, 0.3) is 0 Å². The van der Waals surface area contributed by atoms with Gasteiger partial charge in [0.05, 0.1) is 25.0 Å². The maximum absolute atomic E-state index is 12.5. The van der Waals surface area contributed by atoms with Gasteiger partial charge in [0, 0.05) is 30.8 Å². The van der Waals surface area contributed by atoms with E-state index in [2.05, 4.69) is 11.1 Å². The number of carbonyl (C=O) groups is 1. The lowest BCUT2D eigenvalue weighted by Gasteiger charge is -2.19. The lowest BCUT2D eigenvalue weighted by molar-refractivity contribution is -0.127. The number of benzene rings is 1. The van der Waals surface area contributed by atoms with Gasteiger partial charge in [0.1, 0.15) is 0 Å². The first kappa shape index (κ1) is 17.6. The predicted octanol–water partition coefficient (Wildman–Crippen LogP) is 3.21. The molecule has 6 heteroatoms. The molecule has 5 nitrogen and oxygen atoms in total. The number of amides is 1. The van der Waals surface area contributed by atoms with Gasteiger partial charge in [0.2, 0.25) is 5.91 Å². The summed E-state index contributed by atoms with van der Waals surface area (Å²) in [6.07, 6.45) is 2.68. The molecule has 1 aliphatic rings. The molecule has 25 heavy (non-hydrogen) atoms. The average Bonchev–Trinajstić information content (AvgIpc) is 3.16. The van der Waals surface area contributed by atoms with Crippen LogP contribution in [0.15, 0.2) is 47.6 Å². The second-order valence-corrected chi connectivity index (χ2v) is 6.86. The molecule has 1 aromatic heterocycles. The van der Waals surface area contributed by atoms with Crippen LogP contribution in [0.3, 0.4) is 0 Å². The van der Waals surface area contributed by atoms with Crippen LogP contribution < -0.4 is 9.47 Å². The van der Waals surface area contributed by atoms with Gasteiger partial charge in [-0.1, -0.05) is 30.0 Å². The smallest absolute Gasteiger partial charge is 0.233 e. The van der Waals surface area contributed by atoms with Crippen molar-refractivity contribution in [2.75, 3.05) is 33.1 Å². The van der Waals surface area contributed by atoms with Crippen LogP contribution in [0.5, 0.6) is 11.5 Å². The van der Waals surface area contributed by atoms with Crippen LogP contribution in [0.4, 0.5) is 0 Å². The molecule has 0 radical (unpaired) electrons. The molecule has 1 saturated heterocycles. The number of nitrogens with zero attached hydrogens (tertiary/aromatic N) is 2. The van der Waals surface area contributed by atoms with E-state index >= 15 is 0 Å². The summed E-state index contributed by atoms with van der Waals surface area (Å²) < 4.78 is 10.9. The maximum Gasteiger partial charge on any atom is 0.233 e. The highest BCUT2D eigenvalue weighted by Crippen LogP contribution is 2.39. The highest BCUT2D eigenvalue weighted by molar-refractivity contribution is 7.99. The largest absolute Gasteiger partial charge is 0.493 e. The number of hydrogen-bond donors (Lipinski definition) is 0. The molecular formula is C19H22N2O3S. The van der Waals surface area contributed by atoms with Crippen molar-refractivity contribution in [2.24, 2.45) is 0 Å². The average molecular weight is 358 g/mol. The van der Waals surface area contributed by atoms with Crippen molar-refractivity contribution in [1.29, 1.82) is 0 Å². The number of likely N-dealkylation sites (tertiary alicyclic amines) is 1. The van der Waals surface area contributed by atoms with Crippen LogP contribution in [0.1, 0.15) is 17.9 Å². The minimum absolute atomic E-state index is 0.153. The number of aromatic nitrogens is 1. The van der Waals surface area contributed by atoms with Gasteiger partial charge >= 0.3 is 0 Å². The zero-order chi connectivity index (χ0) is 17.6. The molecule has 2 heterocycles. The number of para-hydroxylation sites is 1. The van der Waals surface area contributed by atoms with Crippen molar-refractivity contribution >= 4 is 17.7 Å². The lowest BCUT2D eigenvalue weighted by atomic mass is 9.97. The normalized spacial score (nSPS) is 16.7. The summed E-state index contributed by atoms with van der Waals surface area (Å²) in [4.78, 5) is 18.7. The first-order valence-corrected chi connectivity index (χ1v) is 9.24. The summed E-state index contributed by atoms with van der Waals surface area (Å²) in [5, 5.41) is 0.876. The van der Waals surface area contributed by atoms with E-state index in [1.54, 1.807) is 20.4 Å². The topological polar surface area (TPSA) is 51.7 Å². The van der Waals surface area contributed by atoms with Crippen LogP contribution in [-0.2, 0) is 4.79 Å². The third-order valence-corrected chi connectivity index (χ3v) is 5.32. The number of thioether (sulfide) groups is 1. The zero-order valence-electron chi connectivity index (χ0n) is 14.5.